The summed E-state index contributed by atoms with van der Waals surface area (Å²) in [5, 5.41) is 6.08. The van der Waals surface area contributed by atoms with Crippen molar-refractivity contribution in [1.82, 2.24) is 4.31 Å². The maximum absolute atomic E-state index is 13.7. The summed E-state index contributed by atoms with van der Waals surface area (Å²) < 4.78 is 45.4. The molecule has 0 saturated carbocycles. The smallest absolute Gasteiger partial charge is 0.259 e. The van der Waals surface area contributed by atoms with Gasteiger partial charge >= 0.3 is 0 Å². The lowest BCUT2D eigenvalue weighted by atomic mass is 10.1. The molecule has 2 aliphatic rings. The van der Waals surface area contributed by atoms with Gasteiger partial charge in [0.25, 0.3) is 5.91 Å². The molecule has 2 aliphatic heterocycles. The van der Waals surface area contributed by atoms with Crippen molar-refractivity contribution < 1.29 is 27.4 Å². The lowest BCUT2D eigenvalue weighted by Gasteiger charge is -2.27. The molecule has 0 radical (unpaired) electrons. The van der Waals surface area contributed by atoms with Crippen LogP contribution < -0.4 is 20.1 Å². The summed E-state index contributed by atoms with van der Waals surface area (Å²) >= 11 is 0. The highest BCUT2D eigenvalue weighted by molar-refractivity contribution is 7.89. The van der Waals surface area contributed by atoms with Crippen molar-refractivity contribution >= 4 is 27.3 Å². The standard InChI is InChI=1S/C26H27N3O6S/c1-17-3-8-23-21(13-17)28-26(30)20-14-25(36(31,32)29-9-11-34-12-10-29)22(15-24(20)35-23)27-16-18-4-6-19(33-2)7-5-18/h3-8,13-15,27H,9-12,16H2,1-2H3,(H,28,30). The molecule has 3 aromatic rings. The Bertz CT molecular complexity index is 1400. The molecule has 2 heterocycles. The Morgan fingerprint density at radius 1 is 1.03 bits per heavy atom. The SMILES string of the molecule is COc1ccc(CNc2cc3c(cc2S(=O)(=O)N2CCOCC2)C(=O)Nc2cc(C)ccc2O3)cc1. The van der Waals surface area contributed by atoms with E-state index in [0.717, 1.165) is 16.9 Å². The van der Waals surface area contributed by atoms with Gasteiger partial charge in [0.15, 0.2) is 5.75 Å². The third-order valence-electron chi connectivity index (χ3n) is 6.16. The van der Waals surface area contributed by atoms with E-state index in [-0.39, 0.29) is 29.3 Å². The van der Waals surface area contributed by atoms with E-state index in [4.69, 9.17) is 14.2 Å². The van der Waals surface area contributed by atoms with Crippen LogP contribution in [0.25, 0.3) is 0 Å². The van der Waals surface area contributed by atoms with Gasteiger partial charge in [0.1, 0.15) is 16.4 Å². The molecule has 5 rings (SSSR count). The number of morpholine rings is 1. The molecule has 0 spiro atoms. The van der Waals surface area contributed by atoms with Gasteiger partial charge in [-0.15, -0.1) is 0 Å². The van der Waals surface area contributed by atoms with Crippen LogP contribution in [0.3, 0.4) is 0 Å². The van der Waals surface area contributed by atoms with Crippen molar-refractivity contribution in [3.05, 3.63) is 71.3 Å². The molecule has 0 atom stereocenters. The highest BCUT2D eigenvalue weighted by atomic mass is 32.2. The number of anilines is 2. The van der Waals surface area contributed by atoms with Crippen LogP contribution in [-0.4, -0.2) is 52.0 Å². The molecule has 1 amide bonds. The number of methoxy groups -OCH3 is 1. The van der Waals surface area contributed by atoms with E-state index in [1.165, 1.54) is 10.4 Å². The summed E-state index contributed by atoms with van der Waals surface area (Å²) in [7, 11) is -2.32. The predicted molar refractivity (Wildman–Crippen MR) is 136 cm³/mol. The van der Waals surface area contributed by atoms with Crippen LogP contribution in [0.4, 0.5) is 11.4 Å². The summed E-state index contributed by atoms with van der Waals surface area (Å²) in [4.78, 5) is 13.1. The van der Waals surface area contributed by atoms with Gasteiger partial charge in [0, 0.05) is 25.7 Å². The number of ether oxygens (including phenoxy) is 3. The van der Waals surface area contributed by atoms with Gasteiger partial charge in [-0.25, -0.2) is 8.42 Å². The maximum Gasteiger partial charge on any atom is 0.259 e. The summed E-state index contributed by atoms with van der Waals surface area (Å²) in [6.07, 6.45) is 0. The average molecular weight is 510 g/mol. The number of fused-ring (bicyclic) bond motifs is 2. The fourth-order valence-electron chi connectivity index (χ4n) is 4.18. The van der Waals surface area contributed by atoms with Gasteiger partial charge in [-0.05, 0) is 48.4 Å². The molecule has 10 heteroatoms. The second-order valence-electron chi connectivity index (χ2n) is 8.62. The van der Waals surface area contributed by atoms with Crippen LogP contribution in [0.2, 0.25) is 0 Å². The Hall–Kier alpha value is -3.60. The number of hydrogen-bond acceptors (Lipinski definition) is 7. The number of benzene rings is 3. The van der Waals surface area contributed by atoms with Crippen molar-refractivity contribution in [3.8, 4) is 17.2 Å². The molecule has 0 unspecified atom stereocenters. The molecule has 1 saturated heterocycles. The fourth-order valence-corrected chi connectivity index (χ4v) is 5.76. The summed E-state index contributed by atoms with van der Waals surface area (Å²) in [5.74, 6) is 1.05. The van der Waals surface area contributed by atoms with Gasteiger partial charge in [0.05, 0.1) is 37.3 Å². The van der Waals surface area contributed by atoms with E-state index >= 15 is 0 Å². The molecule has 36 heavy (non-hydrogen) atoms. The Morgan fingerprint density at radius 2 is 1.78 bits per heavy atom. The maximum atomic E-state index is 13.7. The number of rotatable bonds is 6. The van der Waals surface area contributed by atoms with E-state index in [1.807, 2.05) is 43.3 Å². The highest BCUT2D eigenvalue weighted by Gasteiger charge is 2.32. The third kappa shape index (κ3) is 4.75. The zero-order valence-corrected chi connectivity index (χ0v) is 20.9. The van der Waals surface area contributed by atoms with Gasteiger partial charge in [0.2, 0.25) is 10.0 Å². The molecule has 1 fully saturated rings. The van der Waals surface area contributed by atoms with Gasteiger partial charge in [-0.2, -0.15) is 4.31 Å². The highest BCUT2D eigenvalue weighted by Crippen LogP contribution is 2.40. The molecular weight excluding hydrogens is 482 g/mol. The second kappa shape index (κ2) is 9.81. The third-order valence-corrected chi connectivity index (χ3v) is 8.10. The van der Waals surface area contributed by atoms with Crippen molar-refractivity contribution in [2.24, 2.45) is 0 Å². The largest absolute Gasteiger partial charge is 0.497 e. The molecule has 188 valence electrons. The lowest BCUT2D eigenvalue weighted by molar-refractivity contribution is 0.0730. The molecule has 0 aliphatic carbocycles. The molecular formula is C26H27N3O6S. The first-order valence-electron chi connectivity index (χ1n) is 11.6. The van der Waals surface area contributed by atoms with E-state index in [9.17, 15) is 13.2 Å². The van der Waals surface area contributed by atoms with E-state index in [0.29, 0.717) is 36.9 Å². The number of carbonyl (C=O) groups excluding carboxylic acids is 1. The van der Waals surface area contributed by atoms with Crippen molar-refractivity contribution in [3.63, 3.8) is 0 Å². The Balaban J connectivity index is 1.56. The summed E-state index contributed by atoms with van der Waals surface area (Å²) in [6, 6.07) is 15.9. The first-order chi connectivity index (χ1) is 17.3. The van der Waals surface area contributed by atoms with Gasteiger partial charge in [-0.1, -0.05) is 18.2 Å². The Labute approximate surface area is 210 Å². The quantitative estimate of drug-likeness (QED) is 0.517. The molecule has 0 bridgehead atoms. The average Bonchev–Trinajstić information content (AvgIpc) is 3.02. The van der Waals surface area contributed by atoms with Crippen LogP contribution >= 0.6 is 0 Å². The minimum atomic E-state index is -3.92. The monoisotopic (exact) mass is 509 g/mol. The van der Waals surface area contributed by atoms with Crippen molar-refractivity contribution in [2.75, 3.05) is 44.0 Å². The number of sulfonamides is 1. The number of nitrogens with zero attached hydrogens (tertiary/aromatic N) is 1. The second-order valence-corrected chi connectivity index (χ2v) is 10.5. The Kier molecular flexibility index (Phi) is 6.57. The lowest BCUT2D eigenvalue weighted by Crippen LogP contribution is -2.40. The van der Waals surface area contributed by atoms with Gasteiger partial charge < -0.3 is 24.8 Å². The first-order valence-corrected chi connectivity index (χ1v) is 13.0. The normalized spacial score (nSPS) is 15.7. The number of nitrogens with one attached hydrogen (secondary N) is 2. The first kappa shape index (κ1) is 24.1. The number of aryl methyl sites for hydroxylation is 1. The van der Waals surface area contributed by atoms with Crippen molar-refractivity contribution in [1.29, 1.82) is 0 Å². The van der Waals surface area contributed by atoms with E-state index in [2.05, 4.69) is 10.6 Å². The van der Waals surface area contributed by atoms with Crippen molar-refractivity contribution in [2.45, 2.75) is 18.4 Å². The van der Waals surface area contributed by atoms with E-state index < -0.39 is 15.9 Å². The number of amides is 1. The van der Waals surface area contributed by atoms with E-state index in [1.54, 1.807) is 19.2 Å². The number of hydrogen-bond donors (Lipinski definition) is 2. The minimum Gasteiger partial charge on any atom is -0.497 e. The summed E-state index contributed by atoms with van der Waals surface area (Å²) in [6.45, 7) is 3.39. The zero-order chi connectivity index (χ0) is 25.3. The zero-order valence-electron chi connectivity index (χ0n) is 20.0. The topological polar surface area (TPSA) is 106 Å². The fraction of sp³-hybridized carbons (Fsp3) is 0.269. The summed E-state index contributed by atoms with van der Waals surface area (Å²) in [5.41, 5.74) is 2.91. The molecule has 9 nitrogen and oxygen atoms in total. The van der Waals surface area contributed by atoms with Gasteiger partial charge in [-0.3, -0.25) is 4.79 Å². The van der Waals surface area contributed by atoms with Crippen LogP contribution in [-0.2, 0) is 21.3 Å². The van der Waals surface area contributed by atoms with Crippen LogP contribution in [0, 0.1) is 6.92 Å². The Morgan fingerprint density at radius 3 is 2.50 bits per heavy atom. The minimum absolute atomic E-state index is 0.0116. The molecule has 0 aromatic heterocycles. The molecule has 2 N–H and O–H groups in total. The number of carbonyl (C=O) groups is 1. The predicted octanol–water partition coefficient (Wildman–Crippen LogP) is 3.99. The van der Waals surface area contributed by atoms with Crippen LogP contribution in [0.5, 0.6) is 17.2 Å². The molecule has 3 aromatic carbocycles. The van der Waals surface area contributed by atoms with Crippen LogP contribution in [0.15, 0.2) is 59.5 Å². The van der Waals surface area contributed by atoms with Crippen LogP contribution in [0.1, 0.15) is 21.5 Å².